The van der Waals surface area contributed by atoms with Crippen molar-refractivity contribution in [3.63, 3.8) is 0 Å². The summed E-state index contributed by atoms with van der Waals surface area (Å²) in [7, 11) is 0. The van der Waals surface area contributed by atoms with E-state index in [-0.39, 0.29) is 11.8 Å². The van der Waals surface area contributed by atoms with Gasteiger partial charge in [0.05, 0.1) is 12.5 Å². The van der Waals surface area contributed by atoms with Gasteiger partial charge >= 0.3 is 0 Å². The molecule has 27 heavy (non-hydrogen) atoms. The molecule has 0 bridgehead atoms. The van der Waals surface area contributed by atoms with Crippen molar-refractivity contribution in [3.8, 4) is 5.75 Å². The molecule has 3 N–H and O–H groups in total. The van der Waals surface area contributed by atoms with E-state index in [9.17, 15) is 4.79 Å². The topological polar surface area (TPSA) is 67.6 Å². The molecule has 3 rings (SSSR count). The Kier molecular flexibility index (Phi) is 6.69. The summed E-state index contributed by atoms with van der Waals surface area (Å²) >= 11 is 0. The number of amides is 1. The minimum absolute atomic E-state index is 0.0379. The van der Waals surface area contributed by atoms with Crippen LogP contribution in [0.15, 0.2) is 36.4 Å². The molecule has 5 nitrogen and oxygen atoms in total. The van der Waals surface area contributed by atoms with Gasteiger partial charge < -0.3 is 4.74 Å². The summed E-state index contributed by atoms with van der Waals surface area (Å²) in [6.45, 7) is 7.65. The van der Waals surface area contributed by atoms with Crippen molar-refractivity contribution < 1.29 is 9.53 Å². The van der Waals surface area contributed by atoms with E-state index in [4.69, 9.17) is 10.6 Å². The molecule has 1 heterocycles. The summed E-state index contributed by atoms with van der Waals surface area (Å²) in [6, 6.07) is 12.7. The molecule has 1 saturated heterocycles. The van der Waals surface area contributed by atoms with Crippen LogP contribution in [0.1, 0.15) is 38.7 Å². The number of carbonyl (C=O) groups excluding carboxylic acids is 1. The van der Waals surface area contributed by atoms with Gasteiger partial charge in [-0.3, -0.25) is 15.1 Å². The summed E-state index contributed by atoms with van der Waals surface area (Å²) in [5, 5.41) is 2.45. The number of hydrazine groups is 1. The summed E-state index contributed by atoms with van der Waals surface area (Å²) in [6.07, 6.45) is 2.94. The van der Waals surface area contributed by atoms with E-state index >= 15 is 0 Å². The fourth-order valence-corrected chi connectivity index (χ4v) is 3.77. The zero-order valence-electron chi connectivity index (χ0n) is 16.4. The van der Waals surface area contributed by atoms with Crippen molar-refractivity contribution in [2.24, 2.45) is 17.7 Å². The van der Waals surface area contributed by atoms with Crippen LogP contribution in [0.3, 0.4) is 0 Å². The van der Waals surface area contributed by atoms with Crippen LogP contribution in [0, 0.1) is 11.8 Å². The van der Waals surface area contributed by atoms with E-state index < -0.39 is 0 Å². The maximum absolute atomic E-state index is 12.0. The largest absolute Gasteiger partial charge is 0.493 e. The lowest BCUT2D eigenvalue weighted by Gasteiger charge is -2.32. The Labute approximate surface area is 161 Å². The quantitative estimate of drug-likeness (QED) is 0.445. The van der Waals surface area contributed by atoms with E-state index in [0.717, 1.165) is 51.3 Å². The molecule has 0 aromatic heterocycles. The van der Waals surface area contributed by atoms with Gasteiger partial charge in [0.2, 0.25) is 5.91 Å². The second-order valence-corrected chi connectivity index (χ2v) is 7.88. The highest BCUT2D eigenvalue weighted by Crippen LogP contribution is 2.31. The first kappa shape index (κ1) is 19.6. The average Bonchev–Trinajstić information content (AvgIpc) is 2.68. The maximum Gasteiger partial charge on any atom is 0.238 e. The van der Waals surface area contributed by atoms with Gasteiger partial charge in [-0.15, -0.1) is 0 Å². The van der Waals surface area contributed by atoms with Crippen LogP contribution in [0.4, 0.5) is 0 Å². The second kappa shape index (κ2) is 9.20. The fraction of sp³-hybridized carbons (Fsp3) is 0.500. The SMILES string of the molecule is CC(C)CCOc1ccc2ccccc2c1CN1CCCC(C(=O)NN)C1. The van der Waals surface area contributed by atoms with Gasteiger partial charge in [0, 0.05) is 18.7 Å². The molecule has 1 aliphatic rings. The van der Waals surface area contributed by atoms with Gasteiger partial charge in [-0.2, -0.15) is 0 Å². The standard InChI is InChI=1S/C22H31N3O2/c1-16(2)11-13-27-21-10-9-17-6-3-4-8-19(17)20(21)15-25-12-5-7-18(14-25)22(26)24-23/h3-4,6,8-10,16,18H,5,7,11-15,23H2,1-2H3,(H,24,26). The van der Waals surface area contributed by atoms with E-state index in [1.54, 1.807) is 0 Å². The molecule has 1 atom stereocenters. The Hall–Kier alpha value is -2.11. The number of likely N-dealkylation sites (tertiary alicyclic amines) is 1. The molecular formula is C22H31N3O2. The first-order valence-electron chi connectivity index (χ1n) is 9.94. The lowest BCUT2D eigenvalue weighted by molar-refractivity contribution is -0.126. The molecule has 1 unspecified atom stereocenters. The predicted molar refractivity (Wildman–Crippen MR) is 109 cm³/mol. The number of hydrogen-bond acceptors (Lipinski definition) is 4. The Balaban J connectivity index is 1.83. The maximum atomic E-state index is 12.0. The van der Waals surface area contributed by atoms with Crippen molar-refractivity contribution in [2.75, 3.05) is 19.7 Å². The number of benzene rings is 2. The molecule has 146 valence electrons. The third-order valence-electron chi connectivity index (χ3n) is 5.35. The monoisotopic (exact) mass is 369 g/mol. The number of fused-ring (bicyclic) bond motifs is 1. The van der Waals surface area contributed by atoms with Gasteiger partial charge in [0.1, 0.15) is 5.75 Å². The number of ether oxygens (including phenoxy) is 1. The third-order valence-corrected chi connectivity index (χ3v) is 5.35. The van der Waals surface area contributed by atoms with Crippen LogP contribution < -0.4 is 16.0 Å². The first-order valence-corrected chi connectivity index (χ1v) is 9.94. The zero-order valence-corrected chi connectivity index (χ0v) is 16.4. The van der Waals surface area contributed by atoms with E-state index in [1.165, 1.54) is 16.3 Å². The minimum atomic E-state index is -0.0639. The first-order chi connectivity index (χ1) is 13.1. The molecule has 0 spiro atoms. The molecule has 0 radical (unpaired) electrons. The highest BCUT2D eigenvalue weighted by atomic mass is 16.5. The Morgan fingerprint density at radius 2 is 2.11 bits per heavy atom. The van der Waals surface area contributed by atoms with Gasteiger partial charge in [0.25, 0.3) is 0 Å². The number of nitrogens with two attached hydrogens (primary N) is 1. The summed E-state index contributed by atoms with van der Waals surface area (Å²) < 4.78 is 6.17. The highest BCUT2D eigenvalue weighted by molar-refractivity contribution is 5.87. The molecule has 1 fully saturated rings. The summed E-state index contributed by atoms with van der Waals surface area (Å²) in [4.78, 5) is 14.3. The smallest absolute Gasteiger partial charge is 0.238 e. The van der Waals surface area contributed by atoms with Crippen LogP contribution in [0.25, 0.3) is 10.8 Å². The fourth-order valence-electron chi connectivity index (χ4n) is 3.77. The van der Waals surface area contributed by atoms with E-state index in [1.807, 2.05) is 0 Å². The Bertz CT molecular complexity index is 775. The van der Waals surface area contributed by atoms with Crippen molar-refractivity contribution in [1.29, 1.82) is 0 Å². The number of nitrogens with one attached hydrogen (secondary N) is 1. The summed E-state index contributed by atoms with van der Waals surface area (Å²) in [5.41, 5.74) is 3.52. The average molecular weight is 370 g/mol. The van der Waals surface area contributed by atoms with Crippen LogP contribution in [0.2, 0.25) is 0 Å². The normalized spacial score (nSPS) is 18.0. The van der Waals surface area contributed by atoms with Gasteiger partial charge in [0.15, 0.2) is 0 Å². The third kappa shape index (κ3) is 4.99. The minimum Gasteiger partial charge on any atom is -0.493 e. The lowest BCUT2D eigenvalue weighted by atomic mass is 9.96. The number of carbonyl (C=O) groups is 1. The molecule has 1 amide bonds. The van der Waals surface area contributed by atoms with Crippen LogP contribution in [0.5, 0.6) is 5.75 Å². The second-order valence-electron chi connectivity index (χ2n) is 7.88. The van der Waals surface area contributed by atoms with E-state index in [2.05, 4.69) is 60.6 Å². The summed E-state index contributed by atoms with van der Waals surface area (Å²) in [5.74, 6) is 6.81. The van der Waals surface area contributed by atoms with Crippen molar-refractivity contribution in [1.82, 2.24) is 10.3 Å². The lowest BCUT2D eigenvalue weighted by Crippen LogP contribution is -2.44. The van der Waals surface area contributed by atoms with Gasteiger partial charge in [-0.1, -0.05) is 44.2 Å². The number of nitrogens with zero attached hydrogens (tertiary/aromatic N) is 1. The van der Waals surface area contributed by atoms with E-state index in [0.29, 0.717) is 5.92 Å². The molecule has 1 aliphatic heterocycles. The van der Waals surface area contributed by atoms with Crippen molar-refractivity contribution in [2.45, 2.75) is 39.7 Å². The van der Waals surface area contributed by atoms with Crippen molar-refractivity contribution in [3.05, 3.63) is 42.0 Å². The molecule has 0 saturated carbocycles. The molecule has 0 aliphatic carbocycles. The Morgan fingerprint density at radius 1 is 1.30 bits per heavy atom. The molecule has 2 aromatic rings. The number of rotatable bonds is 7. The predicted octanol–water partition coefficient (Wildman–Crippen LogP) is 3.47. The van der Waals surface area contributed by atoms with Gasteiger partial charge in [-0.25, -0.2) is 5.84 Å². The van der Waals surface area contributed by atoms with Gasteiger partial charge in [-0.05, 0) is 48.6 Å². The van der Waals surface area contributed by atoms with Crippen LogP contribution in [-0.4, -0.2) is 30.5 Å². The van der Waals surface area contributed by atoms with Crippen LogP contribution in [-0.2, 0) is 11.3 Å². The number of hydrogen-bond donors (Lipinski definition) is 2. The van der Waals surface area contributed by atoms with Crippen molar-refractivity contribution >= 4 is 16.7 Å². The Morgan fingerprint density at radius 3 is 2.89 bits per heavy atom. The number of piperidine rings is 1. The molecule has 5 heteroatoms. The zero-order chi connectivity index (χ0) is 19.2. The molecule has 2 aromatic carbocycles. The van der Waals surface area contributed by atoms with Crippen LogP contribution >= 0.6 is 0 Å². The highest BCUT2D eigenvalue weighted by Gasteiger charge is 2.26. The molecular weight excluding hydrogens is 338 g/mol.